The van der Waals surface area contributed by atoms with Crippen molar-refractivity contribution >= 4 is 22.7 Å². The number of nitrogens with one attached hydrogen (secondary N) is 1. The summed E-state index contributed by atoms with van der Waals surface area (Å²) in [5.74, 6) is -0.102. The highest BCUT2D eigenvalue weighted by Gasteiger charge is 2.24. The van der Waals surface area contributed by atoms with E-state index < -0.39 is 12.1 Å². The van der Waals surface area contributed by atoms with Crippen LogP contribution in [-0.2, 0) is 11.8 Å². The van der Waals surface area contributed by atoms with Crippen LogP contribution in [0.15, 0.2) is 6.20 Å². The molecule has 0 amide bonds. The summed E-state index contributed by atoms with van der Waals surface area (Å²) in [4.78, 5) is 16.8. The molecular formula is C19H28N4O3. The van der Waals surface area contributed by atoms with Gasteiger partial charge in [0.05, 0.1) is 29.5 Å². The van der Waals surface area contributed by atoms with Gasteiger partial charge >= 0.3 is 5.97 Å². The highest BCUT2D eigenvalue weighted by Crippen LogP contribution is 2.31. The van der Waals surface area contributed by atoms with Gasteiger partial charge in [-0.1, -0.05) is 19.3 Å². The summed E-state index contributed by atoms with van der Waals surface area (Å²) >= 11 is 0. The Hall–Kier alpha value is -2.15. The molecule has 1 atom stereocenters. The molecule has 26 heavy (non-hydrogen) atoms. The normalized spacial score (nSPS) is 16.6. The summed E-state index contributed by atoms with van der Waals surface area (Å²) in [6.45, 7) is 4.36. The first-order chi connectivity index (χ1) is 12.5. The van der Waals surface area contributed by atoms with E-state index in [2.05, 4.69) is 15.4 Å². The Bertz CT molecular complexity index is 781. The van der Waals surface area contributed by atoms with Crippen LogP contribution >= 0.6 is 0 Å². The van der Waals surface area contributed by atoms with Crippen molar-refractivity contribution in [3.05, 3.63) is 17.5 Å². The van der Waals surface area contributed by atoms with Gasteiger partial charge in [0, 0.05) is 19.8 Å². The largest absolute Gasteiger partial charge is 0.462 e. The molecule has 1 aliphatic rings. The number of fused-ring (bicyclic) bond motifs is 1. The highest BCUT2D eigenvalue weighted by atomic mass is 16.5. The molecule has 0 spiro atoms. The summed E-state index contributed by atoms with van der Waals surface area (Å²) in [6, 6.07) is 0. The molecule has 1 unspecified atom stereocenters. The number of carbonyl (C=O) groups excluding carboxylic acids is 1. The van der Waals surface area contributed by atoms with Crippen molar-refractivity contribution in [3.63, 3.8) is 0 Å². The first-order valence-corrected chi connectivity index (χ1v) is 9.44. The van der Waals surface area contributed by atoms with E-state index in [0.29, 0.717) is 36.0 Å². The van der Waals surface area contributed by atoms with Gasteiger partial charge in [-0.3, -0.25) is 4.68 Å². The van der Waals surface area contributed by atoms with Gasteiger partial charge < -0.3 is 15.2 Å². The maximum Gasteiger partial charge on any atom is 0.341 e. The Labute approximate surface area is 153 Å². The second-order valence-electron chi connectivity index (χ2n) is 7.02. The third kappa shape index (κ3) is 3.67. The van der Waals surface area contributed by atoms with Crippen molar-refractivity contribution in [2.45, 2.75) is 52.1 Å². The van der Waals surface area contributed by atoms with E-state index >= 15 is 0 Å². The molecule has 1 fully saturated rings. The Balaban J connectivity index is 1.90. The predicted molar refractivity (Wildman–Crippen MR) is 100 cm³/mol. The lowest BCUT2D eigenvalue weighted by Gasteiger charge is -2.27. The molecule has 7 heteroatoms. The molecule has 142 valence electrons. The number of hydrogen-bond donors (Lipinski definition) is 2. The number of anilines is 1. The van der Waals surface area contributed by atoms with Crippen LogP contribution in [-0.4, -0.2) is 45.1 Å². The van der Waals surface area contributed by atoms with Crippen molar-refractivity contribution < 1.29 is 14.6 Å². The van der Waals surface area contributed by atoms with E-state index in [9.17, 15) is 9.90 Å². The lowest BCUT2D eigenvalue weighted by molar-refractivity contribution is 0.0526. The average molecular weight is 360 g/mol. The number of ether oxygens (including phenoxy) is 1. The van der Waals surface area contributed by atoms with Crippen LogP contribution in [0.5, 0.6) is 0 Å². The third-order valence-corrected chi connectivity index (χ3v) is 5.20. The monoisotopic (exact) mass is 360 g/mol. The summed E-state index contributed by atoms with van der Waals surface area (Å²) in [6.07, 6.45) is 6.82. The molecule has 0 aliphatic heterocycles. The van der Waals surface area contributed by atoms with E-state index in [-0.39, 0.29) is 0 Å². The number of carbonyl (C=O) groups is 1. The van der Waals surface area contributed by atoms with Crippen molar-refractivity contribution in [1.82, 2.24) is 14.8 Å². The fourth-order valence-electron chi connectivity index (χ4n) is 3.85. The van der Waals surface area contributed by atoms with Gasteiger partial charge in [-0.2, -0.15) is 5.10 Å². The van der Waals surface area contributed by atoms with E-state index in [1.807, 2.05) is 14.0 Å². The molecule has 7 nitrogen and oxygen atoms in total. The van der Waals surface area contributed by atoms with Crippen molar-refractivity contribution in [1.29, 1.82) is 0 Å². The first kappa shape index (κ1) is 18.6. The zero-order valence-corrected chi connectivity index (χ0v) is 15.8. The van der Waals surface area contributed by atoms with Crippen LogP contribution in [0.4, 0.5) is 5.69 Å². The van der Waals surface area contributed by atoms with Crippen LogP contribution in [0.2, 0.25) is 0 Å². The van der Waals surface area contributed by atoms with Gasteiger partial charge in [-0.25, -0.2) is 9.78 Å². The van der Waals surface area contributed by atoms with Gasteiger partial charge in [-0.05, 0) is 32.6 Å². The zero-order chi connectivity index (χ0) is 18.7. The Morgan fingerprint density at radius 2 is 2.15 bits per heavy atom. The SMILES string of the molecule is CCOC(=O)c1cnc2c(c(C)nn2C)c1NCC(O)C1CCCCC1. The van der Waals surface area contributed by atoms with Crippen LogP contribution in [0.25, 0.3) is 11.0 Å². The molecule has 2 heterocycles. The minimum Gasteiger partial charge on any atom is -0.462 e. The maximum absolute atomic E-state index is 12.4. The first-order valence-electron chi connectivity index (χ1n) is 9.44. The molecule has 0 aromatic carbocycles. The molecule has 0 radical (unpaired) electrons. The summed E-state index contributed by atoms with van der Waals surface area (Å²) in [7, 11) is 1.83. The standard InChI is InChI=1S/C19H28N4O3/c1-4-26-19(25)14-10-21-18-16(12(2)22-23(18)3)17(14)20-11-15(24)13-8-6-5-7-9-13/h10,13,15,24H,4-9,11H2,1-3H3,(H,20,21). The molecular weight excluding hydrogens is 332 g/mol. The van der Waals surface area contributed by atoms with E-state index in [1.165, 1.54) is 25.5 Å². The quantitative estimate of drug-likeness (QED) is 0.770. The number of esters is 1. The van der Waals surface area contributed by atoms with Crippen molar-refractivity contribution in [2.24, 2.45) is 13.0 Å². The van der Waals surface area contributed by atoms with Crippen LogP contribution in [0, 0.1) is 12.8 Å². The number of pyridine rings is 1. The second-order valence-corrected chi connectivity index (χ2v) is 7.02. The molecule has 2 N–H and O–H groups in total. The Morgan fingerprint density at radius 3 is 2.85 bits per heavy atom. The minimum atomic E-state index is -0.439. The van der Waals surface area contributed by atoms with Gasteiger partial charge in [0.1, 0.15) is 5.56 Å². The number of aliphatic hydroxyl groups is 1. The molecule has 2 aromatic rings. The average Bonchev–Trinajstić information content (AvgIpc) is 2.94. The fraction of sp³-hybridized carbons (Fsp3) is 0.632. The molecule has 3 rings (SSSR count). The minimum absolute atomic E-state index is 0.299. The number of aromatic nitrogens is 3. The van der Waals surface area contributed by atoms with Crippen molar-refractivity contribution in [3.8, 4) is 0 Å². The Kier molecular flexibility index (Phi) is 5.76. The summed E-state index contributed by atoms with van der Waals surface area (Å²) in [5.41, 5.74) is 2.52. The second kappa shape index (κ2) is 8.03. The molecule has 1 saturated carbocycles. The van der Waals surface area contributed by atoms with Gasteiger partial charge in [0.2, 0.25) is 0 Å². The Morgan fingerprint density at radius 1 is 1.42 bits per heavy atom. The number of aliphatic hydroxyl groups excluding tert-OH is 1. The third-order valence-electron chi connectivity index (χ3n) is 5.20. The molecule has 1 aliphatic carbocycles. The highest BCUT2D eigenvalue weighted by molar-refractivity contribution is 6.05. The molecule has 2 aromatic heterocycles. The van der Waals surface area contributed by atoms with E-state index in [1.54, 1.807) is 11.6 Å². The van der Waals surface area contributed by atoms with Crippen LogP contribution < -0.4 is 5.32 Å². The maximum atomic E-state index is 12.4. The summed E-state index contributed by atoms with van der Waals surface area (Å²) < 4.78 is 6.88. The number of aryl methyl sites for hydroxylation is 2. The van der Waals surface area contributed by atoms with Gasteiger partial charge in [0.25, 0.3) is 0 Å². The smallest absolute Gasteiger partial charge is 0.341 e. The van der Waals surface area contributed by atoms with E-state index in [4.69, 9.17) is 4.74 Å². The van der Waals surface area contributed by atoms with Gasteiger partial charge in [0.15, 0.2) is 5.65 Å². The van der Waals surface area contributed by atoms with Crippen LogP contribution in [0.1, 0.15) is 55.1 Å². The number of hydrogen-bond acceptors (Lipinski definition) is 6. The lowest BCUT2D eigenvalue weighted by atomic mass is 9.85. The van der Waals surface area contributed by atoms with Gasteiger partial charge in [-0.15, -0.1) is 0 Å². The van der Waals surface area contributed by atoms with Crippen LogP contribution in [0.3, 0.4) is 0 Å². The van der Waals surface area contributed by atoms with E-state index in [0.717, 1.165) is 23.9 Å². The lowest BCUT2D eigenvalue weighted by Crippen LogP contribution is -2.30. The topological polar surface area (TPSA) is 89.3 Å². The summed E-state index contributed by atoms with van der Waals surface area (Å²) in [5, 5.41) is 19.1. The van der Waals surface area contributed by atoms with Crippen molar-refractivity contribution in [2.75, 3.05) is 18.5 Å². The number of rotatable bonds is 6. The molecule has 0 saturated heterocycles. The zero-order valence-electron chi connectivity index (χ0n) is 15.8. The fourth-order valence-corrected chi connectivity index (χ4v) is 3.85. The predicted octanol–water partition coefficient (Wildman–Crippen LogP) is 2.81. The molecule has 0 bridgehead atoms. The number of nitrogens with zero attached hydrogens (tertiary/aromatic N) is 3.